The van der Waals surface area contributed by atoms with E-state index in [0.29, 0.717) is 0 Å². The Bertz CT molecular complexity index is 1150. The summed E-state index contributed by atoms with van der Waals surface area (Å²) in [5.41, 5.74) is 13.1. The van der Waals surface area contributed by atoms with Gasteiger partial charge in [0.2, 0.25) is 5.54 Å². The monoisotopic (exact) mass is 479 g/mol. The zero-order chi connectivity index (χ0) is 25.5. The second-order valence-electron chi connectivity index (χ2n) is 9.21. The fourth-order valence-corrected chi connectivity index (χ4v) is 5.43. The molecule has 2 aromatic carbocycles. The Balaban J connectivity index is 1.65. The highest BCUT2D eigenvalue weighted by atomic mass is 16.6. The number of aliphatic carboxylic acids is 1. The van der Waals surface area contributed by atoms with E-state index < -0.39 is 47.2 Å². The van der Waals surface area contributed by atoms with E-state index in [-0.39, 0.29) is 25.5 Å². The van der Waals surface area contributed by atoms with Gasteiger partial charge in [-0.1, -0.05) is 48.5 Å². The number of likely N-dealkylation sites (tertiary alicyclic amines) is 1. The van der Waals surface area contributed by atoms with Gasteiger partial charge >= 0.3 is 12.1 Å². The molecule has 2 aliphatic rings. The average Bonchev–Trinajstić information content (AvgIpc) is 3.39. The van der Waals surface area contributed by atoms with Gasteiger partial charge in [-0.25, -0.2) is 9.59 Å². The van der Waals surface area contributed by atoms with Crippen LogP contribution in [0.3, 0.4) is 0 Å². The molecule has 9 heteroatoms. The number of amides is 1. The van der Waals surface area contributed by atoms with Crippen molar-refractivity contribution in [2.45, 2.75) is 43.8 Å². The average molecular weight is 480 g/mol. The molecule has 1 aliphatic carbocycles. The number of carbonyl (C=O) groups is 4. The topological polar surface area (TPSA) is 153 Å². The molecule has 2 aromatic rings. The maximum atomic E-state index is 13.3. The van der Waals surface area contributed by atoms with Crippen LogP contribution in [0.25, 0.3) is 11.1 Å². The molecule has 0 aromatic heterocycles. The summed E-state index contributed by atoms with van der Waals surface area (Å²) >= 11 is 0. The molecule has 1 fully saturated rings. The van der Waals surface area contributed by atoms with Gasteiger partial charge in [0.1, 0.15) is 6.61 Å². The van der Waals surface area contributed by atoms with Crippen molar-refractivity contribution in [3.8, 4) is 11.1 Å². The number of hydrogen-bond donors (Lipinski definition) is 3. The van der Waals surface area contributed by atoms with Crippen molar-refractivity contribution in [1.82, 2.24) is 4.90 Å². The Labute approximate surface area is 203 Å². The van der Waals surface area contributed by atoms with Crippen LogP contribution < -0.4 is 11.5 Å². The SMILES string of the molecule is CC(N)C(=O)C1CCN(C(=O)OCC2c3ccccc3-c3ccccc32)C1(C(=O)O)C(=O)C(C)N. The number of rotatable bonds is 7. The standard InChI is InChI=1S/C26H29N3O6/c1-14(27)22(30)21-11-12-29(26(21,24(32)33)23(31)15(2)28)25(34)35-13-20-18-9-5-3-7-16(18)17-8-4-6-10-19(17)20/h3-10,14-15,20-21H,11-13,27-28H2,1-2H3,(H,32,33). The molecule has 4 unspecified atom stereocenters. The Morgan fingerprint density at radius 3 is 2.03 bits per heavy atom. The molecule has 4 atom stereocenters. The Morgan fingerprint density at radius 2 is 1.54 bits per heavy atom. The van der Waals surface area contributed by atoms with Crippen molar-refractivity contribution in [3.05, 3.63) is 59.7 Å². The van der Waals surface area contributed by atoms with Crippen molar-refractivity contribution in [2.24, 2.45) is 17.4 Å². The fourth-order valence-electron chi connectivity index (χ4n) is 5.43. The second-order valence-corrected chi connectivity index (χ2v) is 9.21. The predicted octanol–water partition coefficient (Wildman–Crippen LogP) is 1.91. The normalized spacial score (nSPS) is 22.7. The minimum Gasteiger partial charge on any atom is -0.479 e. The van der Waals surface area contributed by atoms with Crippen molar-refractivity contribution in [1.29, 1.82) is 0 Å². The number of nitrogens with zero attached hydrogens (tertiary/aromatic N) is 1. The largest absolute Gasteiger partial charge is 0.479 e. The van der Waals surface area contributed by atoms with Crippen LogP contribution in [0, 0.1) is 5.92 Å². The van der Waals surface area contributed by atoms with Crippen LogP contribution in [0.1, 0.15) is 37.3 Å². The van der Waals surface area contributed by atoms with Gasteiger partial charge in [0, 0.05) is 12.5 Å². The highest BCUT2D eigenvalue weighted by Crippen LogP contribution is 2.45. The number of benzene rings is 2. The van der Waals surface area contributed by atoms with Gasteiger partial charge in [0.05, 0.1) is 18.0 Å². The van der Waals surface area contributed by atoms with E-state index in [1.165, 1.54) is 13.8 Å². The van der Waals surface area contributed by atoms with Crippen LogP contribution in [0.2, 0.25) is 0 Å². The number of Topliss-reactive ketones (excluding diaryl/α,β-unsaturated/α-hetero) is 2. The molecule has 184 valence electrons. The lowest BCUT2D eigenvalue weighted by molar-refractivity contribution is -0.160. The van der Waals surface area contributed by atoms with Crippen LogP contribution in [0.4, 0.5) is 4.79 Å². The molecule has 5 N–H and O–H groups in total. The molecule has 0 radical (unpaired) electrons. The van der Waals surface area contributed by atoms with Crippen molar-refractivity contribution < 1.29 is 29.0 Å². The minimum atomic E-state index is -2.47. The van der Waals surface area contributed by atoms with Gasteiger partial charge in [-0.3, -0.25) is 14.5 Å². The molecule has 0 saturated carbocycles. The van der Waals surface area contributed by atoms with Crippen LogP contribution in [-0.4, -0.2) is 64.4 Å². The van der Waals surface area contributed by atoms with Crippen LogP contribution >= 0.6 is 0 Å². The summed E-state index contributed by atoms with van der Waals surface area (Å²) in [4.78, 5) is 52.8. The first-order valence-corrected chi connectivity index (χ1v) is 11.6. The zero-order valence-corrected chi connectivity index (χ0v) is 19.6. The lowest BCUT2D eigenvalue weighted by Gasteiger charge is -2.37. The Morgan fingerprint density at radius 1 is 1.00 bits per heavy atom. The molecule has 9 nitrogen and oxygen atoms in total. The first kappa shape index (κ1) is 24.6. The van der Waals surface area contributed by atoms with E-state index in [9.17, 15) is 24.3 Å². The summed E-state index contributed by atoms with van der Waals surface area (Å²) in [5.74, 6) is -4.74. The Kier molecular flexibility index (Phi) is 6.48. The van der Waals surface area contributed by atoms with E-state index in [0.717, 1.165) is 27.2 Å². The third-order valence-corrected chi connectivity index (χ3v) is 7.04. The van der Waals surface area contributed by atoms with Crippen molar-refractivity contribution in [2.75, 3.05) is 13.2 Å². The third kappa shape index (κ3) is 3.81. The summed E-state index contributed by atoms with van der Waals surface area (Å²) in [5, 5.41) is 10.2. The number of fused-ring (bicyclic) bond motifs is 3. The quantitative estimate of drug-likeness (QED) is 0.509. The maximum Gasteiger partial charge on any atom is 0.411 e. The van der Waals surface area contributed by atoms with Crippen LogP contribution in [0.5, 0.6) is 0 Å². The maximum absolute atomic E-state index is 13.3. The van der Waals surface area contributed by atoms with E-state index >= 15 is 0 Å². The fraction of sp³-hybridized carbons (Fsp3) is 0.385. The molecule has 4 rings (SSSR count). The number of ketones is 2. The summed E-state index contributed by atoms with van der Waals surface area (Å²) in [6, 6.07) is 13.4. The first-order valence-electron chi connectivity index (χ1n) is 11.6. The molecule has 1 amide bonds. The van der Waals surface area contributed by atoms with Gasteiger partial charge in [0.25, 0.3) is 0 Å². The number of carbonyl (C=O) groups excluding carboxylic acids is 3. The molecule has 1 heterocycles. The van der Waals surface area contributed by atoms with Gasteiger partial charge in [0.15, 0.2) is 11.6 Å². The van der Waals surface area contributed by atoms with Crippen LogP contribution in [-0.2, 0) is 19.1 Å². The summed E-state index contributed by atoms with van der Waals surface area (Å²) in [7, 11) is 0. The highest BCUT2D eigenvalue weighted by molar-refractivity contribution is 6.16. The lowest BCUT2D eigenvalue weighted by Crippen LogP contribution is -2.67. The van der Waals surface area contributed by atoms with Gasteiger partial charge in [-0.05, 0) is 42.5 Å². The molecule has 35 heavy (non-hydrogen) atoms. The number of carboxylic acid groups (broad SMARTS) is 1. The lowest BCUT2D eigenvalue weighted by atomic mass is 9.75. The van der Waals surface area contributed by atoms with Gasteiger partial charge in [-0.2, -0.15) is 0 Å². The minimum absolute atomic E-state index is 0.0324. The van der Waals surface area contributed by atoms with Crippen molar-refractivity contribution >= 4 is 23.6 Å². The van der Waals surface area contributed by atoms with Crippen molar-refractivity contribution in [3.63, 3.8) is 0 Å². The van der Waals surface area contributed by atoms with E-state index in [2.05, 4.69) is 0 Å². The number of carboxylic acids is 1. The molecule has 1 saturated heterocycles. The molecule has 1 aliphatic heterocycles. The highest BCUT2D eigenvalue weighted by Gasteiger charge is 2.65. The first-order chi connectivity index (χ1) is 16.6. The summed E-state index contributed by atoms with van der Waals surface area (Å²) in [6.45, 7) is 2.54. The summed E-state index contributed by atoms with van der Waals surface area (Å²) in [6.07, 6.45) is -1.02. The molecule has 0 spiro atoms. The number of hydrogen-bond acceptors (Lipinski definition) is 7. The van der Waals surface area contributed by atoms with E-state index in [1.54, 1.807) is 0 Å². The molecular formula is C26H29N3O6. The summed E-state index contributed by atoms with van der Waals surface area (Å²) < 4.78 is 5.64. The van der Waals surface area contributed by atoms with Gasteiger partial charge in [-0.15, -0.1) is 0 Å². The van der Waals surface area contributed by atoms with E-state index in [1.807, 2.05) is 48.5 Å². The van der Waals surface area contributed by atoms with Gasteiger partial charge < -0.3 is 21.3 Å². The third-order valence-electron chi connectivity index (χ3n) is 7.04. The predicted molar refractivity (Wildman–Crippen MR) is 128 cm³/mol. The van der Waals surface area contributed by atoms with Crippen LogP contribution in [0.15, 0.2) is 48.5 Å². The molecule has 0 bridgehead atoms. The van der Waals surface area contributed by atoms with E-state index in [4.69, 9.17) is 16.2 Å². The number of nitrogens with two attached hydrogens (primary N) is 2. The number of ether oxygens (including phenoxy) is 1. The zero-order valence-electron chi connectivity index (χ0n) is 19.6. The smallest absolute Gasteiger partial charge is 0.411 e. The Hall–Kier alpha value is -3.56. The second kappa shape index (κ2) is 9.24. The molecular weight excluding hydrogens is 450 g/mol.